The fourth-order valence-electron chi connectivity index (χ4n) is 2.90. The first-order valence-corrected chi connectivity index (χ1v) is 7.28. The topological polar surface area (TPSA) is 58.1 Å². The molecule has 1 saturated carbocycles. The van der Waals surface area contributed by atoms with Crippen LogP contribution in [0.1, 0.15) is 37.4 Å². The lowest BCUT2D eigenvalue weighted by Gasteiger charge is -2.26. The van der Waals surface area contributed by atoms with E-state index in [1.54, 1.807) is 18.3 Å². The number of alkyl halides is 2. The summed E-state index contributed by atoms with van der Waals surface area (Å²) >= 11 is 0. The number of rotatable bonds is 3. The van der Waals surface area contributed by atoms with Crippen molar-refractivity contribution < 1.29 is 18.6 Å². The molecule has 0 unspecified atom stereocenters. The SMILES string of the molecule is COc1cc(O)ccc1-c1cnc(C2CCC(F)(F)CC2)[nH]1. The van der Waals surface area contributed by atoms with Gasteiger partial charge in [-0.05, 0) is 25.0 Å². The maximum atomic E-state index is 13.2. The summed E-state index contributed by atoms with van der Waals surface area (Å²) in [7, 11) is 1.53. The van der Waals surface area contributed by atoms with E-state index >= 15 is 0 Å². The molecular formula is C16H18F2N2O2. The van der Waals surface area contributed by atoms with Gasteiger partial charge < -0.3 is 14.8 Å². The molecular weight excluding hydrogens is 290 g/mol. The van der Waals surface area contributed by atoms with Gasteiger partial charge in [-0.25, -0.2) is 13.8 Å². The van der Waals surface area contributed by atoms with Gasteiger partial charge in [-0.3, -0.25) is 0 Å². The molecule has 2 aromatic rings. The van der Waals surface area contributed by atoms with E-state index in [0.29, 0.717) is 18.6 Å². The summed E-state index contributed by atoms with van der Waals surface area (Å²) < 4.78 is 31.7. The van der Waals surface area contributed by atoms with Crippen LogP contribution in [0.3, 0.4) is 0 Å². The van der Waals surface area contributed by atoms with Crippen molar-refractivity contribution in [2.24, 2.45) is 0 Å². The third kappa shape index (κ3) is 2.91. The molecule has 2 N–H and O–H groups in total. The summed E-state index contributed by atoms with van der Waals surface area (Å²) in [6.07, 6.45) is 2.38. The van der Waals surface area contributed by atoms with Crippen molar-refractivity contribution in [2.75, 3.05) is 7.11 Å². The Kier molecular flexibility index (Phi) is 3.76. The van der Waals surface area contributed by atoms with Crippen LogP contribution in [0.5, 0.6) is 11.5 Å². The molecule has 1 aliphatic carbocycles. The second kappa shape index (κ2) is 5.59. The lowest BCUT2D eigenvalue weighted by atomic mass is 9.86. The van der Waals surface area contributed by atoms with Crippen molar-refractivity contribution in [3.05, 3.63) is 30.2 Å². The van der Waals surface area contributed by atoms with Crippen LogP contribution in [0.15, 0.2) is 24.4 Å². The minimum Gasteiger partial charge on any atom is -0.508 e. The van der Waals surface area contributed by atoms with Crippen molar-refractivity contribution in [3.8, 4) is 22.8 Å². The molecule has 0 spiro atoms. The lowest BCUT2D eigenvalue weighted by molar-refractivity contribution is -0.0387. The molecule has 1 aliphatic rings. The highest BCUT2D eigenvalue weighted by Crippen LogP contribution is 2.41. The molecule has 6 heteroatoms. The number of ether oxygens (including phenoxy) is 1. The van der Waals surface area contributed by atoms with Crippen molar-refractivity contribution in [1.82, 2.24) is 9.97 Å². The number of nitrogens with one attached hydrogen (secondary N) is 1. The molecule has 4 nitrogen and oxygen atoms in total. The van der Waals surface area contributed by atoms with E-state index in [1.165, 1.54) is 13.2 Å². The van der Waals surface area contributed by atoms with Gasteiger partial charge in [-0.2, -0.15) is 0 Å². The number of phenolic OH excluding ortho intramolecular Hbond substituents is 1. The highest BCUT2D eigenvalue weighted by Gasteiger charge is 2.36. The zero-order valence-corrected chi connectivity index (χ0v) is 12.3. The van der Waals surface area contributed by atoms with Crippen molar-refractivity contribution in [1.29, 1.82) is 0 Å². The van der Waals surface area contributed by atoms with Crippen LogP contribution in [0, 0.1) is 0 Å². The predicted molar refractivity (Wildman–Crippen MR) is 78.4 cm³/mol. The zero-order chi connectivity index (χ0) is 15.7. The Labute approximate surface area is 127 Å². The maximum absolute atomic E-state index is 13.2. The average molecular weight is 308 g/mol. The Bertz CT molecular complexity index is 660. The van der Waals surface area contributed by atoms with Gasteiger partial charge in [0.15, 0.2) is 0 Å². The van der Waals surface area contributed by atoms with Gasteiger partial charge in [-0.1, -0.05) is 0 Å². The standard InChI is InChI=1S/C16H18F2N2O2/c1-22-14-8-11(21)2-3-12(14)13-9-19-15(20-13)10-4-6-16(17,18)7-5-10/h2-3,8-10,21H,4-7H2,1H3,(H,19,20). The van der Waals surface area contributed by atoms with E-state index < -0.39 is 5.92 Å². The maximum Gasteiger partial charge on any atom is 0.248 e. The van der Waals surface area contributed by atoms with Crippen LogP contribution in [0.2, 0.25) is 0 Å². The van der Waals surface area contributed by atoms with E-state index in [2.05, 4.69) is 9.97 Å². The number of benzene rings is 1. The number of aromatic amines is 1. The fraction of sp³-hybridized carbons (Fsp3) is 0.438. The monoisotopic (exact) mass is 308 g/mol. The first-order chi connectivity index (χ1) is 10.5. The highest BCUT2D eigenvalue weighted by molar-refractivity contribution is 5.68. The van der Waals surface area contributed by atoms with Gasteiger partial charge in [0.1, 0.15) is 17.3 Å². The fourth-order valence-corrected chi connectivity index (χ4v) is 2.90. The van der Waals surface area contributed by atoms with Crippen LogP contribution in [-0.4, -0.2) is 28.1 Å². The summed E-state index contributed by atoms with van der Waals surface area (Å²) in [4.78, 5) is 7.55. The Morgan fingerprint density at radius 2 is 2.05 bits per heavy atom. The van der Waals surface area contributed by atoms with Crippen molar-refractivity contribution >= 4 is 0 Å². The van der Waals surface area contributed by atoms with Crippen LogP contribution in [0.25, 0.3) is 11.3 Å². The van der Waals surface area contributed by atoms with E-state index in [9.17, 15) is 13.9 Å². The molecule has 1 aromatic carbocycles. The number of methoxy groups -OCH3 is 1. The first kappa shape index (κ1) is 14.8. The molecule has 118 valence electrons. The third-order valence-corrected chi connectivity index (χ3v) is 4.17. The van der Waals surface area contributed by atoms with E-state index in [1.807, 2.05) is 0 Å². The molecule has 0 amide bonds. The highest BCUT2D eigenvalue weighted by atomic mass is 19.3. The van der Waals surface area contributed by atoms with Gasteiger partial charge in [0.25, 0.3) is 0 Å². The quantitative estimate of drug-likeness (QED) is 0.898. The minimum absolute atomic E-state index is 0.0384. The van der Waals surface area contributed by atoms with Gasteiger partial charge in [0.05, 0.1) is 19.0 Å². The Morgan fingerprint density at radius 1 is 1.32 bits per heavy atom. The number of phenols is 1. The number of hydrogen-bond donors (Lipinski definition) is 2. The number of H-pyrrole nitrogens is 1. The molecule has 22 heavy (non-hydrogen) atoms. The average Bonchev–Trinajstić information content (AvgIpc) is 2.96. The lowest BCUT2D eigenvalue weighted by Crippen LogP contribution is -2.24. The Hall–Kier alpha value is -2.11. The number of halogens is 2. The van der Waals surface area contributed by atoms with Crippen LogP contribution < -0.4 is 4.74 Å². The van der Waals surface area contributed by atoms with Crippen molar-refractivity contribution in [3.63, 3.8) is 0 Å². The van der Waals surface area contributed by atoms with Crippen LogP contribution in [-0.2, 0) is 0 Å². The van der Waals surface area contributed by atoms with Gasteiger partial charge in [-0.15, -0.1) is 0 Å². The number of aromatic hydroxyl groups is 1. The Balaban J connectivity index is 1.83. The van der Waals surface area contributed by atoms with Crippen LogP contribution in [0.4, 0.5) is 8.78 Å². The van der Waals surface area contributed by atoms with E-state index in [4.69, 9.17) is 4.74 Å². The smallest absolute Gasteiger partial charge is 0.248 e. The number of nitrogens with zero attached hydrogens (tertiary/aromatic N) is 1. The zero-order valence-electron chi connectivity index (χ0n) is 12.3. The number of hydrogen-bond acceptors (Lipinski definition) is 3. The first-order valence-electron chi connectivity index (χ1n) is 7.28. The molecule has 1 fully saturated rings. The van der Waals surface area contributed by atoms with Crippen molar-refractivity contribution in [2.45, 2.75) is 37.5 Å². The van der Waals surface area contributed by atoms with E-state index in [0.717, 1.165) is 17.1 Å². The molecule has 0 saturated heterocycles. The molecule has 3 rings (SSSR count). The molecule has 1 aromatic heterocycles. The van der Waals surface area contributed by atoms with E-state index in [-0.39, 0.29) is 24.5 Å². The van der Waals surface area contributed by atoms with Crippen LogP contribution >= 0.6 is 0 Å². The van der Waals surface area contributed by atoms with Gasteiger partial charge in [0.2, 0.25) is 5.92 Å². The second-order valence-electron chi connectivity index (χ2n) is 5.70. The summed E-state index contributed by atoms with van der Waals surface area (Å²) in [5, 5.41) is 9.50. The second-order valence-corrected chi connectivity index (χ2v) is 5.70. The summed E-state index contributed by atoms with van der Waals surface area (Å²) in [5.41, 5.74) is 1.53. The summed E-state index contributed by atoms with van der Waals surface area (Å²) in [5.74, 6) is -1.11. The number of aromatic nitrogens is 2. The van der Waals surface area contributed by atoms with Gasteiger partial charge >= 0.3 is 0 Å². The Morgan fingerprint density at radius 3 is 2.73 bits per heavy atom. The number of imidazole rings is 1. The minimum atomic E-state index is -2.54. The third-order valence-electron chi connectivity index (χ3n) is 4.17. The molecule has 0 atom stereocenters. The summed E-state index contributed by atoms with van der Waals surface area (Å²) in [6.45, 7) is 0. The molecule has 1 heterocycles. The normalized spacial score (nSPS) is 18.3. The molecule has 0 aliphatic heterocycles. The summed E-state index contributed by atoms with van der Waals surface area (Å²) in [6, 6.07) is 4.83. The van der Waals surface area contributed by atoms with Gasteiger partial charge in [0, 0.05) is 30.4 Å². The molecule has 0 bridgehead atoms. The predicted octanol–water partition coefficient (Wildman–Crippen LogP) is 4.08. The largest absolute Gasteiger partial charge is 0.508 e. The molecule has 0 radical (unpaired) electrons.